The van der Waals surface area contributed by atoms with Gasteiger partial charge in [0.25, 0.3) is 0 Å². The van der Waals surface area contributed by atoms with Crippen LogP contribution in [0.1, 0.15) is 23.6 Å². The monoisotopic (exact) mass is 492 g/mol. The first kappa shape index (κ1) is 25.3. The predicted molar refractivity (Wildman–Crippen MR) is 126 cm³/mol. The van der Waals surface area contributed by atoms with Gasteiger partial charge in [-0.2, -0.15) is 13.2 Å². The zero-order chi connectivity index (χ0) is 25.0. The molecule has 0 aliphatic carbocycles. The highest BCUT2D eigenvalue weighted by atomic mass is 35.5. The summed E-state index contributed by atoms with van der Waals surface area (Å²) in [6, 6.07) is 6.45. The number of likely N-dealkylation sites (tertiary alicyclic amines) is 1. The minimum absolute atomic E-state index is 0.112. The number of aliphatic imine (C=N–C) groups is 1. The lowest BCUT2D eigenvalue weighted by Gasteiger charge is -2.40. The molecule has 3 rings (SSSR count). The number of alkyl halides is 3. The van der Waals surface area contributed by atoms with Gasteiger partial charge in [-0.15, -0.1) is 0 Å². The van der Waals surface area contributed by atoms with E-state index in [1.165, 1.54) is 23.2 Å². The normalized spacial score (nSPS) is 15.4. The minimum atomic E-state index is -4.42. The molecule has 180 valence electrons. The Morgan fingerprint density at radius 2 is 1.91 bits per heavy atom. The van der Waals surface area contributed by atoms with Crippen molar-refractivity contribution in [2.45, 2.75) is 19.2 Å². The Bertz CT molecular complexity index is 1120. The van der Waals surface area contributed by atoms with Crippen LogP contribution >= 0.6 is 11.6 Å². The van der Waals surface area contributed by atoms with Gasteiger partial charge in [0.15, 0.2) is 0 Å². The summed E-state index contributed by atoms with van der Waals surface area (Å²) in [6.45, 7) is 6.14. The number of aromatic nitrogens is 1. The molecular weight excluding hydrogens is 469 g/mol. The number of halogens is 4. The summed E-state index contributed by atoms with van der Waals surface area (Å²) in [5.74, 6) is 0.205. The number of ether oxygens (including phenoxy) is 1. The van der Waals surface area contributed by atoms with E-state index in [0.29, 0.717) is 40.4 Å². The van der Waals surface area contributed by atoms with Gasteiger partial charge >= 0.3 is 12.2 Å². The summed E-state index contributed by atoms with van der Waals surface area (Å²) in [5.41, 5.74) is 1.69. The van der Waals surface area contributed by atoms with Gasteiger partial charge in [-0.05, 0) is 48.6 Å². The third-order valence-corrected chi connectivity index (χ3v) is 5.63. The summed E-state index contributed by atoms with van der Waals surface area (Å²) in [4.78, 5) is 23.1. The van der Waals surface area contributed by atoms with Crippen molar-refractivity contribution in [3.63, 3.8) is 0 Å². The van der Waals surface area contributed by atoms with E-state index in [1.54, 1.807) is 44.3 Å². The number of amides is 2. The van der Waals surface area contributed by atoms with Gasteiger partial charge in [0.2, 0.25) is 5.88 Å². The lowest BCUT2D eigenvalue weighted by Crippen LogP contribution is -2.57. The number of allylic oxidation sites excluding steroid dienone is 3. The molecule has 0 bridgehead atoms. The topological polar surface area (TPSA) is 58.0 Å². The van der Waals surface area contributed by atoms with Gasteiger partial charge in [-0.3, -0.25) is 4.98 Å². The average Bonchev–Trinajstić information content (AvgIpc) is 2.77. The Labute approximate surface area is 201 Å². The predicted octanol–water partition coefficient (Wildman–Crippen LogP) is 5.61. The molecule has 0 spiro atoms. The highest BCUT2D eigenvalue weighted by Crippen LogP contribution is 2.35. The van der Waals surface area contributed by atoms with Crippen LogP contribution in [0.25, 0.3) is 11.1 Å². The molecule has 2 heterocycles. The van der Waals surface area contributed by atoms with Crippen LogP contribution in [0.15, 0.2) is 59.7 Å². The largest absolute Gasteiger partial charge is 0.471 e. The number of hydrogen-bond acceptors (Lipinski definition) is 4. The zero-order valence-corrected chi connectivity index (χ0v) is 19.7. The zero-order valence-electron chi connectivity index (χ0n) is 18.9. The van der Waals surface area contributed by atoms with Gasteiger partial charge in [0, 0.05) is 38.1 Å². The molecule has 34 heavy (non-hydrogen) atoms. The van der Waals surface area contributed by atoms with Crippen molar-refractivity contribution in [2.24, 2.45) is 4.99 Å². The van der Waals surface area contributed by atoms with E-state index < -0.39 is 11.7 Å². The van der Waals surface area contributed by atoms with Crippen LogP contribution in [0, 0.1) is 0 Å². The molecule has 0 unspecified atom stereocenters. The fraction of sp³-hybridized carbons (Fsp3) is 0.292. The molecule has 1 aliphatic heterocycles. The molecule has 2 amide bonds. The van der Waals surface area contributed by atoms with Crippen molar-refractivity contribution < 1.29 is 22.7 Å². The molecule has 6 nitrogen and oxygen atoms in total. The third kappa shape index (κ3) is 5.77. The number of pyridine rings is 1. The van der Waals surface area contributed by atoms with Gasteiger partial charge in [-0.25, -0.2) is 9.79 Å². The highest BCUT2D eigenvalue weighted by Gasteiger charge is 2.33. The molecule has 1 aromatic carbocycles. The number of benzene rings is 1. The first-order valence-electron chi connectivity index (χ1n) is 10.3. The lowest BCUT2D eigenvalue weighted by atomic mass is 9.95. The molecule has 2 aromatic rings. The molecule has 1 saturated heterocycles. The van der Waals surface area contributed by atoms with E-state index in [1.807, 2.05) is 0 Å². The van der Waals surface area contributed by atoms with Crippen molar-refractivity contribution >= 4 is 35.5 Å². The van der Waals surface area contributed by atoms with Gasteiger partial charge in [0.05, 0.1) is 23.7 Å². The van der Waals surface area contributed by atoms with Crippen LogP contribution in [0.3, 0.4) is 0 Å². The van der Waals surface area contributed by atoms with E-state index in [-0.39, 0.29) is 18.0 Å². The first-order valence-corrected chi connectivity index (χ1v) is 10.7. The van der Waals surface area contributed by atoms with E-state index in [2.05, 4.69) is 16.7 Å². The molecular formula is C24H24ClF3N4O2. The van der Waals surface area contributed by atoms with Gasteiger partial charge in [-0.1, -0.05) is 23.7 Å². The molecule has 10 heteroatoms. The summed E-state index contributed by atoms with van der Waals surface area (Å²) < 4.78 is 44.9. The van der Waals surface area contributed by atoms with E-state index in [9.17, 15) is 18.0 Å². The lowest BCUT2D eigenvalue weighted by molar-refractivity contribution is -0.137. The summed E-state index contributed by atoms with van der Waals surface area (Å²) in [5, 5.41) is 0.356. The van der Waals surface area contributed by atoms with Crippen LogP contribution in [0.4, 0.5) is 18.0 Å². The number of hydrogen-bond donors (Lipinski definition) is 0. The van der Waals surface area contributed by atoms with E-state index in [0.717, 1.165) is 12.1 Å². The van der Waals surface area contributed by atoms with Crippen LogP contribution in [-0.4, -0.2) is 60.8 Å². The first-order chi connectivity index (χ1) is 16.0. The van der Waals surface area contributed by atoms with Crippen LogP contribution < -0.4 is 0 Å². The van der Waals surface area contributed by atoms with Crippen LogP contribution in [0.5, 0.6) is 0 Å². The number of nitrogens with zero attached hydrogens (tertiary/aromatic N) is 4. The molecule has 0 N–H and O–H groups in total. The second-order valence-corrected chi connectivity index (χ2v) is 8.34. The molecule has 1 fully saturated rings. The van der Waals surface area contributed by atoms with Crippen molar-refractivity contribution in [2.75, 3.05) is 27.2 Å². The number of carbonyl (C=O) groups excluding carboxylic acids is 1. The van der Waals surface area contributed by atoms with E-state index in [4.69, 9.17) is 16.3 Å². The van der Waals surface area contributed by atoms with Crippen LogP contribution in [0.2, 0.25) is 5.02 Å². The molecule has 1 aromatic heterocycles. The highest BCUT2D eigenvalue weighted by molar-refractivity contribution is 6.32. The number of rotatable bonds is 6. The van der Waals surface area contributed by atoms with Crippen molar-refractivity contribution in [1.29, 1.82) is 0 Å². The number of carbonyl (C=O) groups is 1. The van der Waals surface area contributed by atoms with Crippen molar-refractivity contribution in [1.82, 2.24) is 14.8 Å². The maximum Gasteiger partial charge on any atom is 0.416 e. The van der Waals surface area contributed by atoms with Crippen molar-refractivity contribution in [3.05, 3.63) is 76.4 Å². The quantitative estimate of drug-likeness (QED) is 0.299. The van der Waals surface area contributed by atoms with Crippen LogP contribution in [-0.2, 0) is 10.9 Å². The molecule has 0 radical (unpaired) electrons. The molecule has 0 atom stereocenters. The fourth-order valence-corrected chi connectivity index (χ4v) is 3.63. The van der Waals surface area contributed by atoms with Crippen molar-refractivity contribution in [3.8, 4) is 0 Å². The Morgan fingerprint density at radius 1 is 1.26 bits per heavy atom. The average molecular weight is 493 g/mol. The third-order valence-electron chi connectivity index (χ3n) is 5.32. The van der Waals surface area contributed by atoms with Gasteiger partial charge < -0.3 is 14.5 Å². The fourth-order valence-electron chi connectivity index (χ4n) is 3.41. The van der Waals surface area contributed by atoms with E-state index >= 15 is 0 Å². The van der Waals surface area contributed by atoms with Gasteiger partial charge in [0.1, 0.15) is 6.10 Å². The standard InChI is InChI=1S/C24H24ClF3N4O2/c1-15(16-5-7-17(8-6-16)24(26,27)28)20(19-9-10-30-12-21(19)25)11-22(29-2)34-18-13-32(14-18)23(33)31(3)4/h5-12,18H,2,13-14H2,1,3-4H3/b20-15-,22-11+. The second kappa shape index (κ2) is 10.3. The Morgan fingerprint density at radius 3 is 2.44 bits per heavy atom. The maximum atomic E-state index is 13.0. The molecule has 0 saturated carbocycles. The smallest absolute Gasteiger partial charge is 0.416 e. The number of urea groups is 1. The molecule has 1 aliphatic rings. The second-order valence-electron chi connectivity index (χ2n) is 7.93. The Kier molecular flexibility index (Phi) is 7.66. The Hall–Kier alpha value is -3.33. The Balaban J connectivity index is 1.95. The summed E-state index contributed by atoms with van der Waals surface area (Å²) in [6.07, 6.45) is -0.0126. The SMILES string of the molecule is C=N/C(=C\C(=C(/C)c1ccc(C(F)(F)F)cc1)c1ccncc1Cl)OC1CN(C(=O)N(C)C)C1. The summed E-state index contributed by atoms with van der Waals surface area (Å²) >= 11 is 6.38. The maximum absolute atomic E-state index is 13.0. The summed E-state index contributed by atoms with van der Waals surface area (Å²) in [7, 11) is 3.35. The minimum Gasteiger partial charge on any atom is -0.471 e.